The number of hydrogen-bond donors (Lipinski definition) is 1. The number of aryl methyl sites for hydroxylation is 2. The summed E-state index contributed by atoms with van der Waals surface area (Å²) >= 11 is 0. The van der Waals surface area contributed by atoms with Gasteiger partial charge in [0.15, 0.2) is 0 Å². The van der Waals surface area contributed by atoms with Crippen molar-refractivity contribution >= 4 is 79.5 Å². The molecule has 0 unspecified atom stereocenters. The number of H-pyrrole nitrogens is 1. The first-order chi connectivity index (χ1) is 24.5. The third-order valence-electron chi connectivity index (χ3n) is 10.6. The molecule has 3 aromatic carbocycles. The summed E-state index contributed by atoms with van der Waals surface area (Å²) in [7, 11) is 0. The van der Waals surface area contributed by atoms with E-state index >= 15 is 0 Å². The van der Waals surface area contributed by atoms with Crippen LogP contribution in [0.1, 0.15) is 99.3 Å². The molecule has 272 valence electrons. The molecule has 0 spiro atoms. The van der Waals surface area contributed by atoms with E-state index in [1.165, 1.54) is 28.0 Å². The molecule has 0 radical (unpaired) electrons. The zero-order valence-corrected chi connectivity index (χ0v) is 37.7. The fourth-order valence-corrected chi connectivity index (χ4v) is 6.68. The maximum atomic E-state index is 8.55. The first-order valence-corrected chi connectivity index (χ1v) is 18.6. The molecule has 1 aliphatic heterocycles. The Morgan fingerprint density at radius 2 is 1.66 bits per heavy atom. The first kappa shape index (κ1) is 42.3. The molecule has 3 aromatic heterocycles. The topological polar surface area (TPSA) is 69.5 Å². The number of fused-ring (bicyclic) bond motifs is 4. The largest absolute Gasteiger partial charge is 2.00 e. The molecule has 0 amide bonds. The number of ether oxygens (including phenoxy) is 1. The van der Waals surface area contributed by atoms with Crippen molar-refractivity contribution in [2.45, 2.75) is 107 Å². The molecule has 4 heterocycles. The summed E-state index contributed by atoms with van der Waals surface area (Å²) in [5.41, 5.74) is 10.4. The molecule has 0 bridgehead atoms. The van der Waals surface area contributed by atoms with Crippen LogP contribution < -0.4 is 20.2 Å². The number of nitrogens with zero attached hydrogens (tertiary/aromatic N) is 3. The summed E-state index contributed by atoms with van der Waals surface area (Å²) in [6.07, 6.45) is 9.04. The van der Waals surface area contributed by atoms with Gasteiger partial charge in [0, 0.05) is 39.6 Å². The van der Waals surface area contributed by atoms with Gasteiger partial charge in [0.1, 0.15) is 35.1 Å². The van der Waals surface area contributed by atoms with Crippen molar-refractivity contribution in [2.24, 2.45) is 5.41 Å². The molecule has 53 heavy (non-hydrogen) atoms. The van der Waals surface area contributed by atoms with Crippen LogP contribution in [0.25, 0.3) is 45.4 Å². The second-order valence-corrected chi connectivity index (χ2v) is 15.7. The Kier molecular flexibility index (Phi) is 13.1. The molecular weight excluding hydrogens is 726 g/mol. The van der Waals surface area contributed by atoms with E-state index in [-0.39, 0.29) is 61.9 Å². The van der Waals surface area contributed by atoms with Gasteiger partial charge in [0.2, 0.25) is 5.82 Å². The Morgan fingerprint density at radius 1 is 0.981 bits per heavy atom. The van der Waals surface area contributed by atoms with E-state index in [9.17, 15) is 0 Å². The van der Waals surface area contributed by atoms with E-state index < -0.39 is 0 Å². The van der Waals surface area contributed by atoms with Crippen LogP contribution in [-0.2, 0) is 5.41 Å². The molecule has 0 fully saturated rings. The van der Waals surface area contributed by atoms with Crippen LogP contribution in [0.4, 0.5) is 0 Å². The minimum atomic E-state index is -0.262. The Labute approximate surface area is 353 Å². The molecule has 0 atom stereocenters. The summed E-state index contributed by atoms with van der Waals surface area (Å²) in [5.74, 6) is 2.00. The summed E-state index contributed by atoms with van der Waals surface area (Å²) in [5, 5.41) is 10.7. The number of benzene rings is 3. The van der Waals surface area contributed by atoms with Gasteiger partial charge < -0.3 is 10.1 Å². The van der Waals surface area contributed by atoms with E-state index in [4.69, 9.17) is 15.1 Å². The second kappa shape index (κ2) is 16.5. The van der Waals surface area contributed by atoms with Crippen LogP contribution in [0, 0.1) is 30.7 Å². The number of para-hydroxylation sites is 1. The van der Waals surface area contributed by atoms with Crippen molar-refractivity contribution in [1.29, 1.82) is 5.41 Å². The maximum Gasteiger partial charge on any atom is 2.00 e. The van der Waals surface area contributed by atoms with Crippen LogP contribution in [0.3, 0.4) is 0 Å². The van der Waals surface area contributed by atoms with Gasteiger partial charge in [-0.2, -0.15) is 0 Å². The minimum absolute atomic E-state index is 0. The summed E-state index contributed by atoms with van der Waals surface area (Å²) < 4.78 is 10.7. The number of rotatable bonds is 4. The van der Waals surface area contributed by atoms with Gasteiger partial charge in [-0.15, -0.1) is 30.3 Å². The normalized spacial score (nSPS) is 15.0. The predicted octanol–water partition coefficient (Wildman–Crippen LogP) is 9.38. The summed E-state index contributed by atoms with van der Waals surface area (Å²) in [4.78, 5) is 8.41. The Balaban J connectivity index is 0.000000244. The number of aromatic amines is 1. The van der Waals surface area contributed by atoms with Gasteiger partial charge in [0.05, 0.1) is 11.0 Å². The van der Waals surface area contributed by atoms with Crippen LogP contribution >= 0.6 is 0 Å². The van der Waals surface area contributed by atoms with Gasteiger partial charge >= 0.3 is 45.5 Å². The fraction of sp³-hybridized carbons (Fsp3) is 0.370. The monoisotopic (exact) mass is 783 g/mol. The van der Waals surface area contributed by atoms with Crippen molar-refractivity contribution in [3.63, 3.8) is 0 Å². The SMILES string of the molecule is CC.CC/C(C)=c1\c(=C/C(=N)C(C)(C)C)ccn2c1nc1cc3c(cc12)OC(C)(C)C3(C)C.Cc1cccc(C)c1-n1cc[nH+]c1-c1[c-]cccc1.[Sr+2]. The van der Waals surface area contributed by atoms with Crippen molar-refractivity contribution in [2.75, 3.05) is 0 Å². The quantitative estimate of drug-likeness (QED) is 0.110. The first-order valence-electron chi connectivity index (χ1n) is 18.6. The number of hydrogen-bond acceptors (Lipinski definition) is 3. The van der Waals surface area contributed by atoms with Crippen LogP contribution in [0.5, 0.6) is 5.75 Å². The Morgan fingerprint density at radius 3 is 2.26 bits per heavy atom. The van der Waals surface area contributed by atoms with Crippen molar-refractivity contribution in [1.82, 2.24) is 14.0 Å². The third kappa shape index (κ3) is 8.14. The zero-order valence-electron chi connectivity index (χ0n) is 34.2. The maximum absolute atomic E-state index is 8.55. The average molecular weight is 784 g/mol. The standard InChI is InChI=1S/C27H35N3O.C17H15N2.C2H6.Sr/c1-10-16(2)23-17(13-22(28)25(3,4)5)11-12-30-20-15-21-18(14-19(20)29-24(23)30)26(6,7)27(8,9)31-21;1-13-7-6-8-14(2)16(13)19-12-11-18-17(19)15-9-4-3-5-10-15;1-2;/h11-15,28H,10H2,1-9H3;3-9,11-12H,1-2H3;1-2H3;/q;-1;;+2/p+1/b17-13-,23-16+,28-22?;;;. The fourth-order valence-electron chi connectivity index (χ4n) is 6.68. The molecular formula is C46H57N5OSr+2. The van der Waals surface area contributed by atoms with Gasteiger partial charge in [-0.1, -0.05) is 84.7 Å². The number of nitrogens with one attached hydrogen (secondary N) is 2. The number of pyridine rings is 1. The molecule has 7 heteroatoms. The second-order valence-electron chi connectivity index (χ2n) is 15.7. The van der Waals surface area contributed by atoms with Gasteiger partial charge in [-0.3, -0.25) is 9.38 Å². The summed E-state index contributed by atoms with van der Waals surface area (Å²) in [6, 6.07) is 24.1. The molecule has 1 aliphatic rings. The van der Waals surface area contributed by atoms with E-state index in [0.29, 0.717) is 5.71 Å². The van der Waals surface area contributed by atoms with Gasteiger partial charge in [0.25, 0.3) is 0 Å². The number of aromatic nitrogens is 4. The van der Waals surface area contributed by atoms with E-state index in [0.717, 1.165) is 50.7 Å². The predicted molar refractivity (Wildman–Crippen MR) is 224 cm³/mol. The van der Waals surface area contributed by atoms with Crippen molar-refractivity contribution in [3.05, 3.63) is 112 Å². The molecule has 6 aromatic rings. The summed E-state index contributed by atoms with van der Waals surface area (Å²) in [6.45, 7) is 27.6. The Hall–Kier alpha value is -3.49. The van der Waals surface area contributed by atoms with E-state index in [2.05, 4.69) is 151 Å². The smallest absolute Gasteiger partial charge is 0.487 e. The van der Waals surface area contributed by atoms with Crippen LogP contribution in [-0.4, -0.2) is 70.7 Å². The average Bonchev–Trinajstić information content (AvgIpc) is 3.77. The zero-order chi connectivity index (χ0) is 38.2. The molecule has 6 nitrogen and oxygen atoms in total. The van der Waals surface area contributed by atoms with Crippen molar-refractivity contribution < 1.29 is 9.72 Å². The van der Waals surface area contributed by atoms with E-state index in [1.807, 2.05) is 44.3 Å². The van der Waals surface area contributed by atoms with Crippen molar-refractivity contribution in [3.8, 4) is 22.8 Å². The van der Waals surface area contributed by atoms with Gasteiger partial charge in [-0.05, 0) is 75.6 Å². The Bertz CT molecular complexity index is 2350. The number of imidazole rings is 2. The van der Waals surface area contributed by atoms with E-state index in [1.54, 1.807) is 0 Å². The molecule has 2 N–H and O–H groups in total. The third-order valence-corrected chi connectivity index (χ3v) is 10.6. The molecule has 0 saturated heterocycles. The minimum Gasteiger partial charge on any atom is -0.487 e. The molecule has 0 saturated carbocycles. The van der Waals surface area contributed by atoms with Gasteiger partial charge in [-0.25, -0.2) is 9.55 Å². The molecule has 7 rings (SSSR count). The van der Waals surface area contributed by atoms with Crippen LogP contribution in [0.2, 0.25) is 0 Å². The van der Waals surface area contributed by atoms with Crippen LogP contribution in [0.15, 0.2) is 79.3 Å². The molecule has 0 aliphatic carbocycles.